The van der Waals surface area contributed by atoms with E-state index in [1.165, 1.54) is 24.0 Å². The van der Waals surface area contributed by atoms with Gasteiger partial charge in [0.2, 0.25) is 0 Å². The van der Waals surface area contributed by atoms with Gasteiger partial charge in [-0.05, 0) is 37.6 Å². The second kappa shape index (κ2) is 11.5. The fourth-order valence-electron chi connectivity index (χ4n) is 4.39. The van der Waals surface area contributed by atoms with Crippen molar-refractivity contribution in [2.24, 2.45) is 4.99 Å². The maximum Gasteiger partial charge on any atom is 0.191 e. The summed E-state index contributed by atoms with van der Waals surface area (Å²) in [6, 6.07) is 18.9. The third-order valence-electron chi connectivity index (χ3n) is 6.10. The summed E-state index contributed by atoms with van der Waals surface area (Å²) >= 11 is 0. The number of likely N-dealkylation sites (tertiary alicyclic amines) is 1. The van der Waals surface area contributed by atoms with Crippen molar-refractivity contribution in [2.75, 3.05) is 33.8 Å². The Morgan fingerprint density at radius 1 is 1.03 bits per heavy atom. The molecule has 0 aliphatic carbocycles. The Kier molecular flexibility index (Phi) is 7.98. The summed E-state index contributed by atoms with van der Waals surface area (Å²) in [4.78, 5) is 6.96. The van der Waals surface area contributed by atoms with Gasteiger partial charge in [0, 0.05) is 37.5 Å². The number of aliphatic imine (C=N–C) groups is 1. The van der Waals surface area contributed by atoms with Crippen molar-refractivity contribution in [2.45, 2.75) is 32.0 Å². The van der Waals surface area contributed by atoms with Crippen molar-refractivity contribution >= 4 is 5.96 Å². The molecule has 0 bridgehead atoms. The van der Waals surface area contributed by atoms with Crippen molar-refractivity contribution in [3.05, 3.63) is 83.7 Å². The third kappa shape index (κ3) is 6.14. The maximum absolute atomic E-state index is 5.66. The summed E-state index contributed by atoms with van der Waals surface area (Å²) < 4.78 is 7.63. The van der Waals surface area contributed by atoms with Crippen LogP contribution in [-0.2, 0) is 13.1 Å². The van der Waals surface area contributed by atoms with Crippen LogP contribution in [0.15, 0.2) is 72.0 Å². The van der Waals surface area contributed by atoms with E-state index < -0.39 is 0 Å². The lowest BCUT2D eigenvalue weighted by atomic mass is 10.0. The zero-order valence-corrected chi connectivity index (χ0v) is 19.6. The molecule has 1 atom stereocenters. The molecule has 1 fully saturated rings. The molecule has 1 saturated heterocycles. The Morgan fingerprint density at radius 2 is 1.79 bits per heavy atom. The van der Waals surface area contributed by atoms with Crippen LogP contribution in [0.5, 0.6) is 5.75 Å². The van der Waals surface area contributed by atoms with Gasteiger partial charge in [0.25, 0.3) is 0 Å². The lowest BCUT2D eigenvalue weighted by Gasteiger charge is -2.30. The number of nitrogens with zero attached hydrogens (tertiary/aromatic N) is 4. The Balaban J connectivity index is 1.35. The second-order valence-corrected chi connectivity index (χ2v) is 8.34. The molecule has 174 valence electrons. The largest absolute Gasteiger partial charge is 0.496 e. The molecule has 33 heavy (non-hydrogen) atoms. The fraction of sp³-hybridized carbons (Fsp3) is 0.385. The molecule has 3 aromatic rings. The Morgan fingerprint density at radius 3 is 2.55 bits per heavy atom. The van der Waals surface area contributed by atoms with Gasteiger partial charge in [0.15, 0.2) is 5.96 Å². The monoisotopic (exact) mass is 446 g/mol. The van der Waals surface area contributed by atoms with Crippen molar-refractivity contribution < 1.29 is 4.74 Å². The molecule has 1 unspecified atom stereocenters. The number of hydrogen-bond donors (Lipinski definition) is 2. The Hall–Kier alpha value is -3.32. The van der Waals surface area contributed by atoms with Crippen LogP contribution in [0.4, 0.5) is 0 Å². The summed E-state index contributed by atoms with van der Waals surface area (Å²) in [5, 5.41) is 11.4. The first-order chi connectivity index (χ1) is 16.3. The van der Waals surface area contributed by atoms with Gasteiger partial charge in [0.05, 0.1) is 25.9 Å². The van der Waals surface area contributed by atoms with Gasteiger partial charge in [-0.1, -0.05) is 48.5 Å². The number of ether oxygens (including phenoxy) is 1. The van der Waals surface area contributed by atoms with Crippen LogP contribution in [0.1, 0.15) is 35.6 Å². The molecule has 4 rings (SSSR count). The third-order valence-corrected chi connectivity index (χ3v) is 6.10. The first kappa shape index (κ1) is 22.9. The number of nitrogens with one attached hydrogen (secondary N) is 2. The van der Waals surface area contributed by atoms with Crippen molar-refractivity contribution in [1.29, 1.82) is 0 Å². The molecule has 0 amide bonds. The molecule has 7 heteroatoms. The Labute approximate surface area is 196 Å². The minimum absolute atomic E-state index is 0.232. The van der Waals surface area contributed by atoms with Crippen LogP contribution in [0.2, 0.25) is 0 Å². The zero-order chi connectivity index (χ0) is 22.9. The summed E-state index contributed by atoms with van der Waals surface area (Å²) in [5.41, 5.74) is 3.57. The second-order valence-electron chi connectivity index (χ2n) is 8.34. The smallest absolute Gasteiger partial charge is 0.191 e. The highest BCUT2D eigenvalue weighted by atomic mass is 16.5. The number of methoxy groups -OCH3 is 1. The molecule has 2 heterocycles. The van der Waals surface area contributed by atoms with Gasteiger partial charge in [0.1, 0.15) is 5.75 Å². The number of guanidine groups is 1. The number of rotatable bonds is 9. The fourth-order valence-corrected chi connectivity index (χ4v) is 4.39. The average molecular weight is 447 g/mol. The van der Waals surface area contributed by atoms with E-state index in [1.807, 2.05) is 36.1 Å². The summed E-state index contributed by atoms with van der Waals surface area (Å²) in [7, 11) is 3.55. The first-order valence-corrected chi connectivity index (χ1v) is 11.6. The van der Waals surface area contributed by atoms with Gasteiger partial charge in [-0.2, -0.15) is 5.10 Å². The van der Waals surface area contributed by atoms with Crippen molar-refractivity contribution in [3.8, 4) is 5.75 Å². The predicted molar refractivity (Wildman–Crippen MR) is 133 cm³/mol. The van der Waals surface area contributed by atoms with E-state index in [2.05, 4.69) is 68.2 Å². The minimum Gasteiger partial charge on any atom is -0.496 e. The number of aromatic nitrogens is 2. The summed E-state index contributed by atoms with van der Waals surface area (Å²) in [6.07, 6.45) is 6.47. The normalized spacial score (nSPS) is 15.4. The molecule has 0 saturated carbocycles. The zero-order valence-electron chi connectivity index (χ0n) is 19.6. The molecule has 1 aliphatic rings. The standard InChI is InChI=1S/C26H34N6O/c1-27-26(28-16-22-17-30-32(20-22)19-21-10-4-3-5-11-21)29-18-24(31-14-8-9-15-31)23-12-6-7-13-25(23)33-2/h3-7,10-13,17,20,24H,8-9,14-16,18-19H2,1-2H3,(H2,27,28,29). The molecular weight excluding hydrogens is 412 g/mol. The van der Waals surface area contributed by atoms with E-state index in [0.29, 0.717) is 6.54 Å². The van der Waals surface area contributed by atoms with Crippen LogP contribution in [0.25, 0.3) is 0 Å². The molecule has 7 nitrogen and oxygen atoms in total. The van der Waals surface area contributed by atoms with Gasteiger partial charge in [-0.25, -0.2) is 0 Å². The van der Waals surface area contributed by atoms with E-state index in [-0.39, 0.29) is 6.04 Å². The molecule has 0 radical (unpaired) electrons. The van der Waals surface area contributed by atoms with E-state index in [9.17, 15) is 0 Å². The Bertz CT molecular complexity index is 1030. The minimum atomic E-state index is 0.232. The topological polar surface area (TPSA) is 66.7 Å². The maximum atomic E-state index is 5.66. The van der Waals surface area contributed by atoms with E-state index in [0.717, 1.165) is 43.5 Å². The van der Waals surface area contributed by atoms with Crippen molar-refractivity contribution in [1.82, 2.24) is 25.3 Å². The first-order valence-electron chi connectivity index (χ1n) is 11.6. The van der Waals surface area contributed by atoms with E-state index in [1.54, 1.807) is 7.11 Å². The molecule has 1 aromatic heterocycles. The summed E-state index contributed by atoms with van der Waals surface area (Å²) in [6.45, 7) is 4.41. The molecule has 0 spiro atoms. The number of para-hydroxylation sites is 1. The van der Waals surface area contributed by atoms with Gasteiger partial charge >= 0.3 is 0 Å². The summed E-state index contributed by atoms with van der Waals surface area (Å²) in [5.74, 6) is 1.72. The van der Waals surface area contributed by atoms with Gasteiger partial charge in [-0.15, -0.1) is 0 Å². The van der Waals surface area contributed by atoms with Gasteiger partial charge < -0.3 is 15.4 Å². The van der Waals surface area contributed by atoms with E-state index >= 15 is 0 Å². The average Bonchev–Trinajstić information content (AvgIpc) is 3.55. The van der Waals surface area contributed by atoms with Gasteiger partial charge in [-0.3, -0.25) is 14.6 Å². The number of benzene rings is 2. The van der Waals surface area contributed by atoms with E-state index in [4.69, 9.17) is 4.74 Å². The molecule has 2 aromatic carbocycles. The highest BCUT2D eigenvalue weighted by Gasteiger charge is 2.26. The lowest BCUT2D eigenvalue weighted by Crippen LogP contribution is -2.42. The van der Waals surface area contributed by atoms with Crippen LogP contribution in [0, 0.1) is 0 Å². The number of hydrogen-bond acceptors (Lipinski definition) is 4. The lowest BCUT2D eigenvalue weighted by molar-refractivity contribution is 0.239. The predicted octanol–water partition coefficient (Wildman–Crippen LogP) is 3.44. The quantitative estimate of drug-likeness (QED) is 0.389. The molecule has 2 N–H and O–H groups in total. The van der Waals surface area contributed by atoms with Crippen LogP contribution in [0.3, 0.4) is 0 Å². The SMILES string of the molecule is CN=C(NCc1cnn(Cc2ccccc2)c1)NCC(c1ccccc1OC)N1CCCC1. The molecular formula is C26H34N6O. The van der Waals surface area contributed by atoms with Crippen LogP contribution >= 0.6 is 0 Å². The molecule has 1 aliphatic heterocycles. The van der Waals surface area contributed by atoms with Crippen LogP contribution in [-0.4, -0.2) is 54.4 Å². The highest BCUT2D eigenvalue weighted by Crippen LogP contribution is 2.31. The van der Waals surface area contributed by atoms with Crippen LogP contribution < -0.4 is 15.4 Å². The highest BCUT2D eigenvalue weighted by molar-refractivity contribution is 5.79. The van der Waals surface area contributed by atoms with Crippen molar-refractivity contribution in [3.63, 3.8) is 0 Å².